The molecule has 0 spiro atoms. The van der Waals surface area contributed by atoms with Crippen molar-refractivity contribution in [1.82, 2.24) is 10.3 Å². The summed E-state index contributed by atoms with van der Waals surface area (Å²) in [6, 6.07) is 3.93. The number of pyridine rings is 1. The second kappa shape index (κ2) is 4.11. The van der Waals surface area contributed by atoms with Gasteiger partial charge in [-0.15, -0.1) is 0 Å². The number of piperidine rings is 1. The van der Waals surface area contributed by atoms with Crippen LogP contribution in [-0.4, -0.2) is 23.9 Å². The third-order valence-corrected chi connectivity index (χ3v) is 3.36. The number of ketones is 1. The van der Waals surface area contributed by atoms with Crippen LogP contribution in [0.15, 0.2) is 24.5 Å². The van der Waals surface area contributed by atoms with Crippen LogP contribution in [0.5, 0.6) is 0 Å². The minimum absolute atomic E-state index is 0.270. The van der Waals surface area contributed by atoms with E-state index in [4.69, 9.17) is 0 Å². The van der Waals surface area contributed by atoms with E-state index in [2.05, 4.69) is 10.3 Å². The van der Waals surface area contributed by atoms with Gasteiger partial charge in [-0.05, 0) is 50.6 Å². The Labute approximate surface area is 89.9 Å². The van der Waals surface area contributed by atoms with Crippen LogP contribution < -0.4 is 5.32 Å². The lowest BCUT2D eigenvalue weighted by molar-refractivity contribution is -0.123. The first-order valence-electron chi connectivity index (χ1n) is 5.38. The van der Waals surface area contributed by atoms with Crippen LogP contribution in [0, 0.1) is 0 Å². The monoisotopic (exact) mass is 204 g/mol. The molecule has 80 valence electrons. The van der Waals surface area contributed by atoms with Gasteiger partial charge < -0.3 is 5.32 Å². The Morgan fingerprint density at radius 2 is 1.93 bits per heavy atom. The maximum Gasteiger partial charge on any atom is 0.140 e. The fourth-order valence-electron chi connectivity index (χ4n) is 2.37. The molecule has 1 aliphatic heterocycles. The summed E-state index contributed by atoms with van der Waals surface area (Å²) in [5.74, 6) is 0.273. The van der Waals surface area contributed by atoms with Gasteiger partial charge in [-0.1, -0.05) is 0 Å². The van der Waals surface area contributed by atoms with E-state index >= 15 is 0 Å². The van der Waals surface area contributed by atoms with E-state index in [9.17, 15) is 4.79 Å². The van der Waals surface area contributed by atoms with Gasteiger partial charge in [-0.3, -0.25) is 9.78 Å². The van der Waals surface area contributed by atoms with Crippen molar-refractivity contribution in [3.63, 3.8) is 0 Å². The van der Waals surface area contributed by atoms with E-state index in [1.54, 1.807) is 19.3 Å². The first-order chi connectivity index (χ1) is 7.26. The zero-order chi connectivity index (χ0) is 10.7. The number of Topliss-reactive ketones (excluding diaryl/α,β-unsaturated/α-hetero) is 1. The van der Waals surface area contributed by atoms with Gasteiger partial charge in [0.1, 0.15) is 5.78 Å². The van der Waals surface area contributed by atoms with Gasteiger partial charge in [0, 0.05) is 12.4 Å². The number of hydrogen-bond acceptors (Lipinski definition) is 3. The van der Waals surface area contributed by atoms with Crippen molar-refractivity contribution < 1.29 is 4.79 Å². The number of hydrogen-bond donors (Lipinski definition) is 1. The Hall–Kier alpha value is -1.22. The third-order valence-electron chi connectivity index (χ3n) is 3.36. The van der Waals surface area contributed by atoms with Crippen molar-refractivity contribution in [2.24, 2.45) is 0 Å². The second-order valence-electron chi connectivity index (χ2n) is 4.12. The number of rotatable bonds is 2. The number of carbonyl (C=O) groups excluding carboxylic acids is 1. The highest BCUT2D eigenvalue weighted by Crippen LogP contribution is 2.33. The van der Waals surface area contributed by atoms with E-state index in [-0.39, 0.29) is 11.2 Å². The molecule has 0 amide bonds. The highest BCUT2D eigenvalue weighted by Gasteiger charge is 2.38. The number of aromatic nitrogens is 1. The SMILES string of the molecule is CC(=O)C1(c2ccncc2)CCNCC1. The van der Waals surface area contributed by atoms with Crippen LogP contribution in [0.3, 0.4) is 0 Å². The summed E-state index contributed by atoms with van der Waals surface area (Å²) in [4.78, 5) is 15.9. The van der Waals surface area contributed by atoms with Crippen LogP contribution in [0.1, 0.15) is 25.3 Å². The van der Waals surface area contributed by atoms with Crippen molar-refractivity contribution in [3.05, 3.63) is 30.1 Å². The summed E-state index contributed by atoms with van der Waals surface area (Å²) in [5.41, 5.74) is 0.847. The first kappa shape index (κ1) is 10.3. The Bertz CT molecular complexity index is 342. The van der Waals surface area contributed by atoms with Gasteiger partial charge in [0.05, 0.1) is 5.41 Å². The number of nitrogens with one attached hydrogen (secondary N) is 1. The van der Waals surface area contributed by atoms with E-state index in [0.29, 0.717) is 0 Å². The van der Waals surface area contributed by atoms with Crippen LogP contribution in [0.25, 0.3) is 0 Å². The van der Waals surface area contributed by atoms with E-state index in [1.807, 2.05) is 12.1 Å². The van der Waals surface area contributed by atoms with Crippen LogP contribution in [-0.2, 0) is 10.2 Å². The predicted molar refractivity (Wildman–Crippen MR) is 58.7 cm³/mol. The molecular weight excluding hydrogens is 188 g/mol. The predicted octanol–water partition coefficient (Wildman–Crippen LogP) is 1.29. The quantitative estimate of drug-likeness (QED) is 0.789. The lowest BCUT2D eigenvalue weighted by atomic mass is 9.71. The summed E-state index contributed by atoms with van der Waals surface area (Å²) in [6.07, 6.45) is 5.32. The molecule has 3 nitrogen and oxygen atoms in total. The molecule has 2 heterocycles. The molecule has 0 aromatic carbocycles. The minimum atomic E-state index is -0.270. The molecule has 1 saturated heterocycles. The lowest BCUT2D eigenvalue weighted by Gasteiger charge is -2.35. The Balaban J connectivity index is 2.38. The summed E-state index contributed by atoms with van der Waals surface area (Å²) >= 11 is 0. The molecule has 15 heavy (non-hydrogen) atoms. The number of carbonyl (C=O) groups is 1. The van der Waals surface area contributed by atoms with Gasteiger partial charge in [0.25, 0.3) is 0 Å². The second-order valence-corrected chi connectivity index (χ2v) is 4.12. The lowest BCUT2D eigenvalue weighted by Crippen LogP contribution is -2.44. The van der Waals surface area contributed by atoms with Gasteiger partial charge >= 0.3 is 0 Å². The van der Waals surface area contributed by atoms with Crippen molar-refractivity contribution >= 4 is 5.78 Å². The highest BCUT2D eigenvalue weighted by atomic mass is 16.1. The molecule has 0 atom stereocenters. The van der Waals surface area contributed by atoms with Crippen molar-refractivity contribution in [3.8, 4) is 0 Å². The first-order valence-corrected chi connectivity index (χ1v) is 5.38. The molecule has 1 N–H and O–H groups in total. The zero-order valence-corrected chi connectivity index (χ0v) is 8.99. The van der Waals surface area contributed by atoms with E-state index < -0.39 is 0 Å². The molecule has 1 aromatic heterocycles. The summed E-state index contributed by atoms with van der Waals surface area (Å²) in [7, 11) is 0. The number of nitrogens with zero attached hydrogens (tertiary/aromatic N) is 1. The van der Waals surface area contributed by atoms with Crippen molar-refractivity contribution in [1.29, 1.82) is 0 Å². The summed E-state index contributed by atoms with van der Waals surface area (Å²) in [6.45, 7) is 3.54. The maximum atomic E-state index is 11.9. The minimum Gasteiger partial charge on any atom is -0.317 e. The zero-order valence-electron chi connectivity index (χ0n) is 8.99. The third kappa shape index (κ3) is 1.79. The summed E-state index contributed by atoms with van der Waals surface area (Å²) in [5, 5.41) is 3.30. The molecule has 2 rings (SSSR count). The maximum absolute atomic E-state index is 11.9. The smallest absolute Gasteiger partial charge is 0.140 e. The average molecular weight is 204 g/mol. The molecule has 0 bridgehead atoms. The molecule has 0 unspecified atom stereocenters. The molecule has 0 aliphatic carbocycles. The van der Waals surface area contributed by atoms with E-state index in [0.717, 1.165) is 31.5 Å². The molecular formula is C12H16N2O. The van der Waals surface area contributed by atoms with Crippen molar-refractivity contribution in [2.75, 3.05) is 13.1 Å². The molecule has 3 heteroatoms. The van der Waals surface area contributed by atoms with E-state index in [1.165, 1.54) is 0 Å². The normalized spacial score (nSPS) is 19.8. The Morgan fingerprint density at radius 1 is 1.33 bits per heavy atom. The van der Waals surface area contributed by atoms with Gasteiger partial charge in [0.2, 0.25) is 0 Å². The Morgan fingerprint density at radius 3 is 2.47 bits per heavy atom. The average Bonchev–Trinajstić information content (AvgIpc) is 2.31. The topological polar surface area (TPSA) is 42.0 Å². The van der Waals surface area contributed by atoms with Crippen LogP contribution >= 0.6 is 0 Å². The largest absolute Gasteiger partial charge is 0.317 e. The van der Waals surface area contributed by atoms with Crippen molar-refractivity contribution in [2.45, 2.75) is 25.2 Å². The van der Waals surface area contributed by atoms with Crippen LogP contribution in [0.2, 0.25) is 0 Å². The molecule has 1 aromatic rings. The van der Waals surface area contributed by atoms with Crippen LogP contribution in [0.4, 0.5) is 0 Å². The molecule has 1 fully saturated rings. The van der Waals surface area contributed by atoms with Gasteiger partial charge in [-0.25, -0.2) is 0 Å². The molecule has 0 saturated carbocycles. The van der Waals surface area contributed by atoms with Gasteiger partial charge in [0.15, 0.2) is 0 Å². The fourth-order valence-corrected chi connectivity index (χ4v) is 2.37. The Kier molecular flexibility index (Phi) is 2.82. The molecule has 1 aliphatic rings. The summed E-state index contributed by atoms with van der Waals surface area (Å²) < 4.78 is 0. The fraction of sp³-hybridized carbons (Fsp3) is 0.500. The standard InChI is InChI=1S/C12H16N2O/c1-10(15)12(4-8-14-9-5-12)11-2-6-13-7-3-11/h2-3,6-7,14H,4-5,8-9H2,1H3. The highest BCUT2D eigenvalue weighted by molar-refractivity contribution is 5.88. The van der Waals surface area contributed by atoms with Gasteiger partial charge in [-0.2, -0.15) is 0 Å². The molecule has 0 radical (unpaired) electrons.